The van der Waals surface area contributed by atoms with Gasteiger partial charge in [0.1, 0.15) is 0 Å². The predicted octanol–water partition coefficient (Wildman–Crippen LogP) is 5.40. The summed E-state index contributed by atoms with van der Waals surface area (Å²) in [6.45, 7) is 6.22. The van der Waals surface area contributed by atoms with Crippen molar-refractivity contribution in [2.24, 2.45) is 5.92 Å². The lowest BCUT2D eigenvalue weighted by atomic mass is 9.81. The zero-order valence-electron chi connectivity index (χ0n) is 11.5. The molecular formula is C19H20. The highest BCUT2D eigenvalue weighted by Crippen LogP contribution is 2.49. The lowest BCUT2D eigenvalue weighted by molar-refractivity contribution is 0.464. The molecule has 0 heterocycles. The second-order valence-corrected chi connectivity index (χ2v) is 5.34. The molecule has 2 aromatic carbocycles. The molecule has 0 aliphatic heterocycles. The molecule has 2 aromatic rings. The summed E-state index contributed by atoms with van der Waals surface area (Å²) in [5.74, 6) is 1.19. The molecule has 1 aliphatic carbocycles. The Morgan fingerprint density at radius 3 is 2.00 bits per heavy atom. The first-order valence-electron chi connectivity index (χ1n) is 7.16. The molecule has 0 aromatic heterocycles. The molecule has 96 valence electrons. The minimum Gasteiger partial charge on any atom is -0.103 e. The van der Waals surface area contributed by atoms with Crippen LogP contribution in [0.4, 0.5) is 0 Å². The third-order valence-electron chi connectivity index (χ3n) is 4.35. The van der Waals surface area contributed by atoms with Crippen molar-refractivity contribution >= 4 is 0 Å². The quantitative estimate of drug-likeness (QED) is 0.635. The monoisotopic (exact) mass is 248 g/mol. The van der Waals surface area contributed by atoms with E-state index in [0.717, 1.165) is 6.42 Å². The van der Waals surface area contributed by atoms with Gasteiger partial charge < -0.3 is 0 Å². The van der Waals surface area contributed by atoms with Crippen molar-refractivity contribution in [3.05, 3.63) is 72.3 Å². The predicted molar refractivity (Wildman–Crippen MR) is 82.3 cm³/mol. The summed E-state index contributed by atoms with van der Waals surface area (Å²) in [6.07, 6.45) is 4.35. The van der Waals surface area contributed by atoms with Gasteiger partial charge in [-0.2, -0.15) is 0 Å². The molecule has 0 spiro atoms. The van der Waals surface area contributed by atoms with Crippen LogP contribution >= 0.6 is 0 Å². The normalized spacial score (nSPS) is 14.8. The molecule has 0 saturated carbocycles. The largest absolute Gasteiger partial charge is 0.103 e. The maximum atomic E-state index is 3.93. The molecule has 0 nitrogen and oxygen atoms in total. The second-order valence-electron chi connectivity index (χ2n) is 5.34. The average molecular weight is 248 g/mol. The Balaban J connectivity index is 2.16. The van der Waals surface area contributed by atoms with Crippen molar-refractivity contribution in [2.45, 2.75) is 25.7 Å². The van der Waals surface area contributed by atoms with Gasteiger partial charge in [-0.05, 0) is 34.6 Å². The van der Waals surface area contributed by atoms with Crippen molar-refractivity contribution in [3.8, 4) is 11.1 Å². The minimum absolute atomic E-state index is 0.537. The van der Waals surface area contributed by atoms with E-state index in [4.69, 9.17) is 0 Å². The molecule has 0 amide bonds. The highest BCUT2D eigenvalue weighted by molar-refractivity contribution is 5.78. The van der Waals surface area contributed by atoms with Crippen LogP contribution in [0, 0.1) is 5.92 Å². The first-order chi connectivity index (χ1) is 9.36. The number of allylic oxidation sites excluding steroid dienone is 1. The van der Waals surface area contributed by atoms with Crippen LogP contribution in [0.1, 0.15) is 36.8 Å². The molecule has 1 atom stereocenters. The summed E-state index contributed by atoms with van der Waals surface area (Å²) < 4.78 is 0. The molecule has 1 unspecified atom stereocenters. The highest BCUT2D eigenvalue weighted by Gasteiger charge is 2.32. The number of hydrogen-bond acceptors (Lipinski definition) is 0. The Hall–Kier alpha value is -1.82. The van der Waals surface area contributed by atoms with E-state index in [-0.39, 0.29) is 0 Å². The molecule has 0 bridgehead atoms. The van der Waals surface area contributed by atoms with Crippen LogP contribution in [0.25, 0.3) is 11.1 Å². The van der Waals surface area contributed by atoms with Gasteiger partial charge in [-0.1, -0.05) is 68.0 Å². The molecule has 0 radical (unpaired) electrons. The smallest absolute Gasteiger partial charge is 0.0133 e. The lowest BCUT2D eigenvalue weighted by Gasteiger charge is -2.23. The summed E-state index contributed by atoms with van der Waals surface area (Å²) in [5.41, 5.74) is 5.84. The van der Waals surface area contributed by atoms with E-state index < -0.39 is 0 Å². The van der Waals surface area contributed by atoms with Crippen molar-refractivity contribution < 1.29 is 0 Å². The Bertz CT molecular complexity index is 549. The van der Waals surface area contributed by atoms with E-state index >= 15 is 0 Å². The molecule has 0 fully saturated rings. The third-order valence-corrected chi connectivity index (χ3v) is 4.35. The van der Waals surface area contributed by atoms with Crippen LogP contribution in [-0.2, 0) is 0 Å². The molecule has 3 rings (SSSR count). The Morgan fingerprint density at radius 1 is 1.00 bits per heavy atom. The lowest BCUT2D eigenvalue weighted by Crippen LogP contribution is -2.10. The fourth-order valence-corrected chi connectivity index (χ4v) is 3.45. The van der Waals surface area contributed by atoms with Gasteiger partial charge >= 0.3 is 0 Å². The van der Waals surface area contributed by atoms with E-state index in [0.29, 0.717) is 11.8 Å². The van der Waals surface area contributed by atoms with E-state index in [1.54, 1.807) is 0 Å². The van der Waals surface area contributed by atoms with Crippen molar-refractivity contribution in [2.75, 3.05) is 0 Å². The van der Waals surface area contributed by atoms with Crippen LogP contribution in [0.3, 0.4) is 0 Å². The van der Waals surface area contributed by atoms with Crippen LogP contribution in [0.2, 0.25) is 0 Å². The highest BCUT2D eigenvalue weighted by atomic mass is 14.4. The van der Waals surface area contributed by atoms with Crippen LogP contribution in [0.5, 0.6) is 0 Å². The van der Waals surface area contributed by atoms with Gasteiger partial charge in [0.15, 0.2) is 0 Å². The zero-order valence-corrected chi connectivity index (χ0v) is 11.5. The Morgan fingerprint density at radius 2 is 1.53 bits per heavy atom. The van der Waals surface area contributed by atoms with E-state index in [1.807, 2.05) is 0 Å². The van der Waals surface area contributed by atoms with Crippen molar-refractivity contribution in [1.29, 1.82) is 0 Å². The van der Waals surface area contributed by atoms with Crippen LogP contribution in [-0.4, -0.2) is 0 Å². The van der Waals surface area contributed by atoms with Gasteiger partial charge in [0.2, 0.25) is 0 Å². The zero-order chi connectivity index (χ0) is 13.2. The number of rotatable bonds is 4. The SMILES string of the molecule is C=CCC(CC)C1c2ccccc2-c2ccccc21. The number of benzene rings is 2. The van der Waals surface area contributed by atoms with Crippen LogP contribution in [0.15, 0.2) is 61.2 Å². The topological polar surface area (TPSA) is 0 Å². The van der Waals surface area contributed by atoms with Gasteiger partial charge in [0.25, 0.3) is 0 Å². The second kappa shape index (κ2) is 5.05. The van der Waals surface area contributed by atoms with Gasteiger partial charge in [0.05, 0.1) is 0 Å². The molecule has 19 heavy (non-hydrogen) atoms. The molecular weight excluding hydrogens is 228 g/mol. The fraction of sp³-hybridized carbons (Fsp3) is 0.263. The maximum Gasteiger partial charge on any atom is 0.0133 e. The Kier molecular flexibility index (Phi) is 3.25. The summed E-state index contributed by atoms with van der Waals surface area (Å²) in [7, 11) is 0. The maximum absolute atomic E-state index is 3.93. The van der Waals surface area contributed by atoms with E-state index in [1.165, 1.54) is 28.7 Å². The molecule has 0 N–H and O–H groups in total. The summed E-state index contributed by atoms with van der Waals surface area (Å²) in [5, 5.41) is 0. The summed E-state index contributed by atoms with van der Waals surface area (Å²) in [6, 6.07) is 17.7. The summed E-state index contributed by atoms with van der Waals surface area (Å²) in [4.78, 5) is 0. The fourth-order valence-electron chi connectivity index (χ4n) is 3.45. The summed E-state index contributed by atoms with van der Waals surface area (Å²) >= 11 is 0. The molecule has 0 saturated heterocycles. The first kappa shape index (κ1) is 12.2. The van der Waals surface area contributed by atoms with Crippen molar-refractivity contribution in [3.63, 3.8) is 0 Å². The van der Waals surface area contributed by atoms with E-state index in [2.05, 4.69) is 68.1 Å². The number of hydrogen-bond donors (Lipinski definition) is 0. The minimum atomic E-state index is 0.537. The van der Waals surface area contributed by atoms with Gasteiger partial charge in [-0.15, -0.1) is 6.58 Å². The van der Waals surface area contributed by atoms with Gasteiger partial charge in [-0.3, -0.25) is 0 Å². The molecule has 0 heteroatoms. The first-order valence-corrected chi connectivity index (χ1v) is 7.16. The third kappa shape index (κ3) is 1.92. The van der Waals surface area contributed by atoms with Gasteiger partial charge in [0, 0.05) is 5.92 Å². The number of fused-ring (bicyclic) bond motifs is 3. The van der Waals surface area contributed by atoms with Gasteiger partial charge in [-0.25, -0.2) is 0 Å². The Labute approximate surface area is 115 Å². The van der Waals surface area contributed by atoms with Crippen LogP contribution < -0.4 is 0 Å². The standard InChI is InChI=1S/C19H20/c1-3-9-14(4-2)19-17-12-7-5-10-15(17)16-11-6-8-13-18(16)19/h3,5-8,10-14,19H,1,4,9H2,2H3. The molecule has 1 aliphatic rings. The van der Waals surface area contributed by atoms with Crippen molar-refractivity contribution in [1.82, 2.24) is 0 Å². The average Bonchev–Trinajstić information content (AvgIpc) is 2.80. The van der Waals surface area contributed by atoms with E-state index in [9.17, 15) is 0 Å².